The molecule has 1 aromatic heterocycles. The fraction of sp³-hybridized carbons (Fsp3) is 0.182. The van der Waals surface area contributed by atoms with Crippen molar-refractivity contribution in [3.05, 3.63) is 78.6 Å². The summed E-state index contributed by atoms with van der Waals surface area (Å²) in [5.74, 6) is 0.999. The molecule has 3 aromatic rings. The number of rotatable bonds is 7. The fourth-order valence-electron chi connectivity index (χ4n) is 2.46. The number of ether oxygens (including phenoxy) is 1. The molecule has 0 saturated heterocycles. The molecule has 1 unspecified atom stereocenters. The molecule has 0 aliphatic heterocycles. The number of nitrogens with zero attached hydrogens (tertiary/aromatic N) is 1. The minimum atomic E-state index is -0.283. The van der Waals surface area contributed by atoms with E-state index >= 15 is 0 Å². The molecule has 27 heavy (non-hydrogen) atoms. The van der Waals surface area contributed by atoms with Crippen molar-refractivity contribution in [2.45, 2.75) is 26.3 Å². The van der Waals surface area contributed by atoms with Gasteiger partial charge in [0.25, 0.3) is 5.91 Å². The summed E-state index contributed by atoms with van der Waals surface area (Å²) in [5.41, 5.74) is 1.84. The van der Waals surface area contributed by atoms with Crippen LogP contribution in [-0.4, -0.2) is 16.9 Å². The molecule has 0 spiro atoms. The molecular formula is C22H23N3O2. The number of carbonyl (C=O) groups excluding carboxylic acids is 1. The summed E-state index contributed by atoms with van der Waals surface area (Å²) in [6.45, 7) is 4.21. The Kier molecular flexibility index (Phi) is 6.05. The van der Waals surface area contributed by atoms with Gasteiger partial charge in [-0.05, 0) is 49.7 Å². The Hall–Kier alpha value is -3.34. The molecule has 0 aliphatic rings. The summed E-state index contributed by atoms with van der Waals surface area (Å²) in [5, 5.41) is 6.20. The maximum atomic E-state index is 12.6. The smallest absolute Gasteiger partial charge is 0.274 e. The van der Waals surface area contributed by atoms with E-state index in [1.165, 1.54) is 0 Å². The maximum Gasteiger partial charge on any atom is 0.274 e. The van der Waals surface area contributed by atoms with E-state index in [2.05, 4.69) is 29.5 Å². The summed E-state index contributed by atoms with van der Waals surface area (Å²) < 4.78 is 5.88. The zero-order valence-electron chi connectivity index (χ0n) is 15.5. The van der Waals surface area contributed by atoms with Crippen molar-refractivity contribution < 1.29 is 9.53 Å². The number of aromatic nitrogens is 1. The third-order valence-electron chi connectivity index (χ3n) is 4.13. The molecular weight excluding hydrogens is 338 g/mol. The molecule has 2 aromatic carbocycles. The van der Waals surface area contributed by atoms with Gasteiger partial charge in [0.2, 0.25) is 0 Å². The minimum absolute atomic E-state index is 0.283. The van der Waals surface area contributed by atoms with E-state index in [9.17, 15) is 4.79 Å². The van der Waals surface area contributed by atoms with Crippen molar-refractivity contribution in [3.8, 4) is 11.5 Å². The molecule has 0 bridgehead atoms. The van der Waals surface area contributed by atoms with E-state index in [0.717, 1.165) is 12.1 Å². The third-order valence-corrected chi connectivity index (χ3v) is 4.13. The van der Waals surface area contributed by atoms with Gasteiger partial charge in [0.15, 0.2) is 5.75 Å². The van der Waals surface area contributed by atoms with Crippen LogP contribution in [0, 0.1) is 0 Å². The molecule has 1 amide bonds. The van der Waals surface area contributed by atoms with Crippen molar-refractivity contribution in [1.82, 2.24) is 4.98 Å². The van der Waals surface area contributed by atoms with Crippen LogP contribution in [-0.2, 0) is 0 Å². The van der Waals surface area contributed by atoms with E-state index in [1.54, 1.807) is 18.3 Å². The highest BCUT2D eigenvalue weighted by atomic mass is 16.5. The Morgan fingerprint density at radius 1 is 1.04 bits per heavy atom. The summed E-state index contributed by atoms with van der Waals surface area (Å²) >= 11 is 0. The second-order valence-corrected chi connectivity index (χ2v) is 6.25. The van der Waals surface area contributed by atoms with Crippen molar-refractivity contribution in [2.24, 2.45) is 0 Å². The standard InChI is InChI=1S/C22H23N3O2/c1-3-16(2)24-17-13-14-20(23-15-17)22(26)25-19-11-7-8-12-21(19)27-18-9-5-4-6-10-18/h4-16,24H,3H2,1-2H3,(H,25,26). The van der Waals surface area contributed by atoms with Gasteiger partial charge in [-0.15, -0.1) is 0 Å². The Morgan fingerprint density at radius 3 is 2.48 bits per heavy atom. The predicted octanol–water partition coefficient (Wildman–Crippen LogP) is 5.34. The Balaban J connectivity index is 1.71. The van der Waals surface area contributed by atoms with Crippen LogP contribution in [0.15, 0.2) is 72.9 Å². The molecule has 0 radical (unpaired) electrons. The first-order valence-corrected chi connectivity index (χ1v) is 9.01. The highest BCUT2D eigenvalue weighted by Gasteiger charge is 2.12. The Morgan fingerprint density at radius 2 is 1.78 bits per heavy atom. The summed E-state index contributed by atoms with van der Waals surface area (Å²) in [7, 11) is 0. The largest absolute Gasteiger partial charge is 0.455 e. The average molecular weight is 361 g/mol. The molecule has 1 heterocycles. The number of amides is 1. The van der Waals surface area contributed by atoms with Gasteiger partial charge in [-0.1, -0.05) is 37.3 Å². The summed E-state index contributed by atoms with van der Waals surface area (Å²) in [4.78, 5) is 16.8. The molecule has 5 heteroatoms. The number of nitrogens with one attached hydrogen (secondary N) is 2. The van der Waals surface area contributed by atoms with Crippen LogP contribution >= 0.6 is 0 Å². The van der Waals surface area contributed by atoms with Gasteiger partial charge in [-0.25, -0.2) is 4.98 Å². The van der Waals surface area contributed by atoms with E-state index in [-0.39, 0.29) is 5.91 Å². The van der Waals surface area contributed by atoms with Crippen molar-refractivity contribution in [2.75, 3.05) is 10.6 Å². The van der Waals surface area contributed by atoms with E-state index in [4.69, 9.17) is 4.74 Å². The number of anilines is 2. The van der Waals surface area contributed by atoms with Crippen LogP contribution in [0.3, 0.4) is 0 Å². The van der Waals surface area contributed by atoms with Crippen molar-refractivity contribution >= 4 is 17.3 Å². The van der Waals surface area contributed by atoms with Gasteiger partial charge >= 0.3 is 0 Å². The van der Waals surface area contributed by atoms with Crippen LogP contribution in [0.4, 0.5) is 11.4 Å². The van der Waals surface area contributed by atoms with E-state index in [1.807, 2.05) is 54.6 Å². The fourth-order valence-corrected chi connectivity index (χ4v) is 2.46. The van der Waals surface area contributed by atoms with Crippen LogP contribution < -0.4 is 15.4 Å². The molecule has 3 rings (SSSR count). The normalized spacial score (nSPS) is 11.5. The topological polar surface area (TPSA) is 63.2 Å². The monoisotopic (exact) mass is 361 g/mol. The van der Waals surface area contributed by atoms with Crippen molar-refractivity contribution in [1.29, 1.82) is 0 Å². The molecule has 5 nitrogen and oxygen atoms in total. The lowest BCUT2D eigenvalue weighted by Gasteiger charge is -2.13. The van der Waals surface area contributed by atoms with Crippen LogP contribution in [0.25, 0.3) is 0 Å². The van der Waals surface area contributed by atoms with Gasteiger partial charge in [-0.3, -0.25) is 4.79 Å². The predicted molar refractivity (Wildman–Crippen MR) is 109 cm³/mol. The minimum Gasteiger partial charge on any atom is -0.455 e. The van der Waals surface area contributed by atoms with Gasteiger partial charge in [0, 0.05) is 6.04 Å². The number of carbonyl (C=O) groups is 1. The van der Waals surface area contributed by atoms with E-state index < -0.39 is 0 Å². The highest BCUT2D eigenvalue weighted by Crippen LogP contribution is 2.29. The molecule has 138 valence electrons. The number of hydrogen-bond acceptors (Lipinski definition) is 4. The Bertz CT molecular complexity index is 880. The lowest BCUT2D eigenvalue weighted by atomic mass is 10.2. The van der Waals surface area contributed by atoms with Crippen molar-refractivity contribution in [3.63, 3.8) is 0 Å². The molecule has 1 atom stereocenters. The average Bonchev–Trinajstić information content (AvgIpc) is 2.70. The maximum absolute atomic E-state index is 12.6. The van der Waals surface area contributed by atoms with Crippen LogP contribution in [0.1, 0.15) is 30.8 Å². The lowest BCUT2D eigenvalue weighted by Crippen LogP contribution is -2.16. The van der Waals surface area contributed by atoms with Gasteiger partial charge in [-0.2, -0.15) is 0 Å². The zero-order valence-corrected chi connectivity index (χ0v) is 15.5. The van der Waals surface area contributed by atoms with Gasteiger partial charge < -0.3 is 15.4 Å². The molecule has 0 saturated carbocycles. The van der Waals surface area contributed by atoms with Crippen LogP contribution in [0.5, 0.6) is 11.5 Å². The number of benzene rings is 2. The first-order valence-electron chi connectivity index (χ1n) is 9.01. The summed E-state index contributed by atoms with van der Waals surface area (Å²) in [6, 6.07) is 20.7. The van der Waals surface area contributed by atoms with E-state index in [0.29, 0.717) is 28.9 Å². The second-order valence-electron chi connectivity index (χ2n) is 6.25. The van der Waals surface area contributed by atoms with Gasteiger partial charge in [0.05, 0.1) is 17.6 Å². The summed E-state index contributed by atoms with van der Waals surface area (Å²) in [6.07, 6.45) is 2.69. The highest BCUT2D eigenvalue weighted by molar-refractivity contribution is 6.03. The second kappa shape index (κ2) is 8.85. The lowest BCUT2D eigenvalue weighted by molar-refractivity contribution is 0.102. The first-order chi connectivity index (χ1) is 13.2. The first kappa shape index (κ1) is 18.5. The molecule has 0 fully saturated rings. The Labute approximate surface area is 159 Å². The number of pyridine rings is 1. The molecule has 2 N–H and O–H groups in total. The number of para-hydroxylation sites is 3. The van der Waals surface area contributed by atoms with Crippen LogP contribution in [0.2, 0.25) is 0 Å². The van der Waals surface area contributed by atoms with Gasteiger partial charge in [0.1, 0.15) is 11.4 Å². The molecule has 0 aliphatic carbocycles. The zero-order chi connectivity index (χ0) is 19.1. The quantitative estimate of drug-likeness (QED) is 0.596. The SMILES string of the molecule is CCC(C)Nc1ccc(C(=O)Nc2ccccc2Oc2ccccc2)nc1. The number of hydrogen-bond donors (Lipinski definition) is 2. The third kappa shape index (κ3) is 5.07.